The summed E-state index contributed by atoms with van der Waals surface area (Å²) in [5, 5.41) is 2.55. The average molecular weight is 373 g/mol. The van der Waals surface area contributed by atoms with Gasteiger partial charge in [0.25, 0.3) is 5.91 Å². The van der Waals surface area contributed by atoms with Crippen molar-refractivity contribution in [2.24, 2.45) is 0 Å². The van der Waals surface area contributed by atoms with Gasteiger partial charge in [-0.1, -0.05) is 18.2 Å². The minimum atomic E-state index is -1.10. The molecule has 0 bridgehead atoms. The Hall–Kier alpha value is -2.96. The van der Waals surface area contributed by atoms with Gasteiger partial charge in [0, 0.05) is 37.4 Å². The SMILES string of the molecule is C[C@H](NC(=O)c1ccc(F)c(F)c1)C(=O)N1CCN(c2ccccc2)CC1. The van der Waals surface area contributed by atoms with E-state index >= 15 is 0 Å². The Kier molecular flexibility index (Phi) is 5.69. The monoisotopic (exact) mass is 373 g/mol. The van der Waals surface area contributed by atoms with E-state index in [-0.39, 0.29) is 11.5 Å². The summed E-state index contributed by atoms with van der Waals surface area (Å²) < 4.78 is 26.2. The lowest BCUT2D eigenvalue weighted by atomic mass is 10.1. The number of hydrogen-bond donors (Lipinski definition) is 1. The first-order chi connectivity index (χ1) is 13.0. The molecule has 1 N–H and O–H groups in total. The van der Waals surface area contributed by atoms with Gasteiger partial charge in [0.15, 0.2) is 11.6 Å². The molecule has 1 saturated heterocycles. The minimum absolute atomic E-state index is 0.0255. The lowest BCUT2D eigenvalue weighted by molar-refractivity contribution is -0.133. The van der Waals surface area contributed by atoms with E-state index in [4.69, 9.17) is 0 Å². The Labute approximate surface area is 156 Å². The number of halogens is 2. The molecule has 2 amide bonds. The van der Waals surface area contributed by atoms with E-state index in [2.05, 4.69) is 10.2 Å². The highest BCUT2D eigenvalue weighted by molar-refractivity contribution is 5.97. The fraction of sp³-hybridized carbons (Fsp3) is 0.300. The maximum absolute atomic E-state index is 13.3. The Bertz CT molecular complexity index is 821. The van der Waals surface area contributed by atoms with Crippen LogP contribution < -0.4 is 10.2 Å². The summed E-state index contributed by atoms with van der Waals surface area (Å²) in [7, 11) is 0. The van der Waals surface area contributed by atoms with Crippen LogP contribution in [0.3, 0.4) is 0 Å². The molecule has 0 unspecified atom stereocenters. The second kappa shape index (κ2) is 8.16. The molecule has 2 aromatic carbocycles. The highest BCUT2D eigenvalue weighted by Crippen LogP contribution is 2.16. The first kappa shape index (κ1) is 18.8. The van der Waals surface area contributed by atoms with Gasteiger partial charge in [0.2, 0.25) is 5.91 Å². The fourth-order valence-corrected chi connectivity index (χ4v) is 3.08. The van der Waals surface area contributed by atoms with Gasteiger partial charge in [-0.25, -0.2) is 8.78 Å². The zero-order valence-electron chi connectivity index (χ0n) is 15.0. The molecule has 1 aliphatic heterocycles. The molecule has 0 aromatic heterocycles. The van der Waals surface area contributed by atoms with Crippen molar-refractivity contribution in [2.75, 3.05) is 31.1 Å². The zero-order chi connectivity index (χ0) is 19.4. The summed E-state index contributed by atoms with van der Waals surface area (Å²) in [5.74, 6) is -2.93. The molecule has 1 atom stereocenters. The highest BCUT2D eigenvalue weighted by atomic mass is 19.2. The molecule has 3 rings (SSSR count). The molecule has 0 radical (unpaired) electrons. The number of benzene rings is 2. The third kappa shape index (κ3) is 4.42. The number of hydrogen-bond acceptors (Lipinski definition) is 3. The number of para-hydroxylation sites is 1. The lowest BCUT2D eigenvalue weighted by Gasteiger charge is -2.37. The van der Waals surface area contributed by atoms with Crippen LogP contribution in [-0.2, 0) is 4.79 Å². The Balaban J connectivity index is 1.55. The third-order valence-electron chi connectivity index (χ3n) is 4.61. The molecule has 0 spiro atoms. The van der Waals surface area contributed by atoms with Gasteiger partial charge in [0.05, 0.1) is 0 Å². The average Bonchev–Trinajstić information content (AvgIpc) is 2.70. The van der Waals surface area contributed by atoms with Crippen molar-refractivity contribution in [3.8, 4) is 0 Å². The van der Waals surface area contributed by atoms with Gasteiger partial charge in [-0.3, -0.25) is 9.59 Å². The highest BCUT2D eigenvalue weighted by Gasteiger charge is 2.26. The van der Waals surface area contributed by atoms with Crippen molar-refractivity contribution in [1.82, 2.24) is 10.2 Å². The molecule has 142 valence electrons. The number of nitrogens with zero attached hydrogens (tertiary/aromatic N) is 2. The van der Waals surface area contributed by atoms with E-state index < -0.39 is 23.6 Å². The van der Waals surface area contributed by atoms with E-state index in [0.717, 1.165) is 17.8 Å². The first-order valence-electron chi connectivity index (χ1n) is 8.80. The van der Waals surface area contributed by atoms with E-state index in [1.54, 1.807) is 11.8 Å². The van der Waals surface area contributed by atoms with Crippen molar-refractivity contribution < 1.29 is 18.4 Å². The molecule has 27 heavy (non-hydrogen) atoms. The summed E-state index contributed by atoms with van der Waals surface area (Å²) in [6.07, 6.45) is 0. The quantitative estimate of drug-likeness (QED) is 0.896. The van der Waals surface area contributed by atoms with Gasteiger partial charge < -0.3 is 15.1 Å². The van der Waals surface area contributed by atoms with E-state index in [0.29, 0.717) is 26.2 Å². The van der Waals surface area contributed by atoms with Crippen LogP contribution in [0.25, 0.3) is 0 Å². The van der Waals surface area contributed by atoms with Crippen molar-refractivity contribution in [3.63, 3.8) is 0 Å². The molecule has 1 fully saturated rings. The predicted molar refractivity (Wildman–Crippen MR) is 98.5 cm³/mol. The maximum Gasteiger partial charge on any atom is 0.252 e. The van der Waals surface area contributed by atoms with Crippen LogP contribution in [0.5, 0.6) is 0 Å². The van der Waals surface area contributed by atoms with Gasteiger partial charge in [-0.15, -0.1) is 0 Å². The van der Waals surface area contributed by atoms with Gasteiger partial charge in [-0.05, 0) is 37.3 Å². The fourth-order valence-electron chi connectivity index (χ4n) is 3.08. The number of amides is 2. The summed E-state index contributed by atoms with van der Waals surface area (Å²) >= 11 is 0. The van der Waals surface area contributed by atoms with Crippen LogP contribution in [0, 0.1) is 11.6 Å². The van der Waals surface area contributed by atoms with E-state index in [1.807, 2.05) is 30.3 Å². The number of carbonyl (C=O) groups excluding carboxylic acids is 2. The topological polar surface area (TPSA) is 52.7 Å². The summed E-state index contributed by atoms with van der Waals surface area (Å²) in [5.41, 5.74) is 1.09. The van der Waals surface area contributed by atoms with Crippen LogP contribution in [-0.4, -0.2) is 48.9 Å². The van der Waals surface area contributed by atoms with Crippen LogP contribution in [0.4, 0.5) is 14.5 Å². The smallest absolute Gasteiger partial charge is 0.252 e. The number of nitrogens with one attached hydrogen (secondary N) is 1. The number of piperazine rings is 1. The van der Waals surface area contributed by atoms with Crippen LogP contribution in [0.2, 0.25) is 0 Å². The van der Waals surface area contributed by atoms with Crippen molar-refractivity contribution in [1.29, 1.82) is 0 Å². The molecule has 0 aliphatic carbocycles. The van der Waals surface area contributed by atoms with Crippen LogP contribution in [0.15, 0.2) is 48.5 Å². The molecule has 5 nitrogen and oxygen atoms in total. The third-order valence-corrected chi connectivity index (χ3v) is 4.61. The molecular formula is C20H21F2N3O2. The second-order valence-electron chi connectivity index (χ2n) is 6.47. The lowest BCUT2D eigenvalue weighted by Crippen LogP contribution is -2.54. The van der Waals surface area contributed by atoms with Gasteiger partial charge >= 0.3 is 0 Å². The maximum atomic E-state index is 13.3. The summed E-state index contributed by atoms with van der Waals surface area (Å²) in [6.45, 7) is 4.11. The largest absolute Gasteiger partial charge is 0.368 e. The Morgan fingerprint density at radius 1 is 0.963 bits per heavy atom. The van der Waals surface area contributed by atoms with Crippen LogP contribution in [0.1, 0.15) is 17.3 Å². The first-order valence-corrected chi connectivity index (χ1v) is 8.80. The van der Waals surface area contributed by atoms with E-state index in [1.165, 1.54) is 6.07 Å². The molecule has 2 aromatic rings. The molecule has 1 heterocycles. The predicted octanol–water partition coefficient (Wildman–Crippen LogP) is 2.43. The Morgan fingerprint density at radius 3 is 2.26 bits per heavy atom. The number of carbonyl (C=O) groups is 2. The normalized spacial score (nSPS) is 15.4. The standard InChI is InChI=1S/C20H21F2N3O2/c1-14(23-19(26)15-7-8-17(21)18(22)13-15)20(27)25-11-9-24(10-12-25)16-5-3-2-4-6-16/h2-8,13-14H,9-12H2,1H3,(H,23,26)/t14-/m0/s1. The number of anilines is 1. The van der Waals surface area contributed by atoms with E-state index in [9.17, 15) is 18.4 Å². The van der Waals surface area contributed by atoms with Gasteiger partial charge in [0.1, 0.15) is 6.04 Å². The minimum Gasteiger partial charge on any atom is -0.368 e. The second-order valence-corrected chi connectivity index (χ2v) is 6.47. The zero-order valence-corrected chi connectivity index (χ0v) is 15.0. The molecule has 1 aliphatic rings. The van der Waals surface area contributed by atoms with Crippen molar-refractivity contribution in [3.05, 3.63) is 65.7 Å². The summed E-state index contributed by atoms with van der Waals surface area (Å²) in [4.78, 5) is 28.7. The van der Waals surface area contributed by atoms with Crippen molar-refractivity contribution in [2.45, 2.75) is 13.0 Å². The molecule has 7 heteroatoms. The summed E-state index contributed by atoms with van der Waals surface area (Å²) in [6, 6.07) is 12.1. The van der Waals surface area contributed by atoms with Crippen LogP contribution >= 0.6 is 0 Å². The molecule has 0 saturated carbocycles. The molecular weight excluding hydrogens is 352 g/mol. The van der Waals surface area contributed by atoms with Gasteiger partial charge in [-0.2, -0.15) is 0 Å². The Morgan fingerprint density at radius 2 is 1.63 bits per heavy atom. The number of rotatable bonds is 4. The van der Waals surface area contributed by atoms with Crippen molar-refractivity contribution >= 4 is 17.5 Å².